The van der Waals surface area contributed by atoms with Gasteiger partial charge in [0.1, 0.15) is 6.61 Å². The number of nitrogens with zero attached hydrogens (tertiary/aromatic N) is 3. The van der Waals surface area contributed by atoms with Gasteiger partial charge < -0.3 is 9.94 Å². The van der Waals surface area contributed by atoms with E-state index in [4.69, 9.17) is 14.8 Å². The lowest BCUT2D eigenvalue weighted by atomic mass is 10.1. The third kappa shape index (κ3) is 3.84. The zero-order valence-corrected chi connectivity index (χ0v) is 10.1. The maximum absolute atomic E-state index is 8.60. The van der Waals surface area contributed by atoms with Gasteiger partial charge in [0, 0.05) is 13.0 Å². The van der Waals surface area contributed by atoms with Crippen molar-refractivity contribution < 1.29 is 19.8 Å². The highest BCUT2D eigenvalue weighted by atomic mass is 16.8. The monoisotopic (exact) mass is 232 g/mol. The van der Waals surface area contributed by atoms with Crippen LogP contribution < -0.4 is 0 Å². The molecule has 1 fully saturated rings. The second kappa shape index (κ2) is 7.27. The Morgan fingerprint density at radius 3 is 2.94 bits per heavy atom. The van der Waals surface area contributed by atoms with Gasteiger partial charge in [-0.05, 0) is 26.2 Å². The number of aliphatic hydroxyl groups excluding tert-OH is 1. The van der Waals surface area contributed by atoms with Crippen molar-refractivity contribution in [3.63, 3.8) is 0 Å². The SMILES string of the molecule is CO/[N+](=N\OCCCO)N1CCCCC1C. The highest BCUT2D eigenvalue weighted by Gasteiger charge is 2.30. The average molecular weight is 232 g/mol. The van der Waals surface area contributed by atoms with Gasteiger partial charge in [0.05, 0.1) is 12.6 Å². The van der Waals surface area contributed by atoms with Gasteiger partial charge in [-0.1, -0.05) is 0 Å². The van der Waals surface area contributed by atoms with Crippen LogP contribution in [-0.4, -0.2) is 48.0 Å². The molecule has 0 aliphatic carbocycles. The first-order valence-corrected chi connectivity index (χ1v) is 5.84. The highest BCUT2D eigenvalue weighted by molar-refractivity contribution is 4.64. The normalized spacial score (nSPS) is 22.1. The van der Waals surface area contributed by atoms with Crippen molar-refractivity contribution in [1.82, 2.24) is 5.01 Å². The molecule has 0 radical (unpaired) electrons. The molecule has 1 aliphatic rings. The van der Waals surface area contributed by atoms with E-state index in [2.05, 4.69) is 12.2 Å². The lowest BCUT2D eigenvalue weighted by Gasteiger charge is -2.25. The summed E-state index contributed by atoms with van der Waals surface area (Å²) in [6.07, 6.45) is 4.12. The Morgan fingerprint density at radius 1 is 1.50 bits per heavy atom. The summed E-state index contributed by atoms with van der Waals surface area (Å²) in [4.78, 5) is 11.6. The van der Waals surface area contributed by atoms with Gasteiger partial charge >= 0.3 is 0 Å². The van der Waals surface area contributed by atoms with Crippen molar-refractivity contribution >= 4 is 0 Å². The van der Waals surface area contributed by atoms with Gasteiger partial charge in [0.25, 0.3) is 10.2 Å². The summed E-state index contributed by atoms with van der Waals surface area (Å²) in [5.74, 6) is 0. The molecule has 1 rings (SSSR count). The molecular formula is C10H22N3O3+. The van der Waals surface area contributed by atoms with E-state index in [-0.39, 0.29) is 6.61 Å². The molecule has 0 aromatic heterocycles. The Balaban J connectivity index is 2.44. The highest BCUT2D eigenvalue weighted by Crippen LogP contribution is 2.16. The third-order valence-electron chi connectivity index (χ3n) is 2.67. The van der Waals surface area contributed by atoms with Crippen molar-refractivity contribution in [2.24, 2.45) is 5.28 Å². The summed E-state index contributed by atoms with van der Waals surface area (Å²) < 4.78 is 0. The second-order valence-corrected chi connectivity index (χ2v) is 3.94. The van der Waals surface area contributed by atoms with Gasteiger partial charge in [0.15, 0.2) is 7.11 Å². The molecule has 0 aromatic carbocycles. The van der Waals surface area contributed by atoms with Crippen LogP contribution in [0.2, 0.25) is 0 Å². The fraction of sp³-hybridized carbons (Fsp3) is 1.00. The van der Waals surface area contributed by atoms with E-state index in [1.807, 2.05) is 5.01 Å². The third-order valence-corrected chi connectivity index (χ3v) is 2.67. The molecule has 16 heavy (non-hydrogen) atoms. The maximum Gasteiger partial charge on any atom is 0.274 e. The average Bonchev–Trinajstić information content (AvgIpc) is 2.31. The Hall–Kier alpha value is -1.04. The fourth-order valence-electron chi connectivity index (χ4n) is 1.74. The molecule has 0 bridgehead atoms. The van der Waals surface area contributed by atoms with Crippen molar-refractivity contribution in [3.05, 3.63) is 0 Å². The van der Waals surface area contributed by atoms with Crippen LogP contribution in [0.4, 0.5) is 0 Å². The van der Waals surface area contributed by atoms with E-state index in [0.717, 1.165) is 19.4 Å². The molecule has 0 spiro atoms. The Bertz CT molecular complexity index is 223. The van der Waals surface area contributed by atoms with E-state index in [9.17, 15) is 0 Å². The number of hydrogen-bond donors (Lipinski definition) is 1. The van der Waals surface area contributed by atoms with Gasteiger partial charge in [-0.15, -0.1) is 5.01 Å². The standard InChI is InChI=1S/C10H22N3O3/c1-10-6-3-4-7-12(10)13(15-2)11-16-9-5-8-14/h10,14H,3-9H2,1-2H3/q+1/b13-11-. The van der Waals surface area contributed by atoms with Crippen molar-refractivity contribution in [1.29, 1.82) is 0 Å². The van der Waals surface area contributed by atoms with Crippen LogP contribution in [0.5, 0.6) is 0 Å². The van der Waals surface area contributed by atoms with E-state index >= 15 is 0 Å². The summed E-state index contributed by atoms with van der Waals surface area (Å²) in [5, 5.41) is 14.5. The zero-order valence-electron chi connectivity index (χ0n) is 10.1. The summed E-state index contributed by atoms with van der Waals surface area (Å²) in [5.41, 5.74) is 0. The maximum atomic E-state index is 8.60. The zero-order chi connectivity index (χ0) is 11.8. The molecule has 0 saturated carbocycles. The lowest BCUT2D eigenvalue weighted by molar-refractivity contribution is -0.947. The molecule has 0 aromatic rings. The summed E-state index contributed by atoms with van der Waals surface area (Å²) in [7, 11) is 1.57. The summed E-state index contributed by atoms with van der Waals surface area (Å²) >= 11 is 0. The first-order chi connectivity index (χ1) is 7.79. The molecule has 0 amide bonds. The predicted molar refractivity (Wildman–Crippen MR) is 57.4 cm³/mol. The Morgan fingerprint density at radius 2 is 2.31 bits per heavy atom. The first kappa shape index (κ1) is 13.0. The molecule has 1 saturated heterocycles. The number of hydrazine groups is 1. The van der Waals surface area contributed by atoms with Crippen molar-refractivity contribution in [2.45, 2.75) is 38.6 Å². The van der Waals surface area contributed by atoms with Crippen LogP contribution in [0.15, 0.2) is 5.28 Å². The molecule has 1 N–H and O–H groups in total. The van der Waals surface area contributed by atoms with Gasteiger partial charge in [-0.25, -0.2) is 4.84 Å². The molecule has 1 aliphatic heterocycles. The van der Waals surface area contributed by atoms with Crippen LogP contribution in [0.3, 0.4) is 0 Å². The molecule has 6 nitrogen and oxygen atoms in total. The van der Waals surface area contributed by atoms with Crippen molar-refractivity contribution in [2.75, 3.05) is 26.9 Å². The molecule has 1 atom stereocenters. The molecule has 94 valence electrons. The van der Waals surface area contributed by atoms with Crippen LogP contribution in [0, 0.1) is 0 Å². The Labute approximate surface area is 96.3 Å². The molecule has 1 unspecified atom stereocenters. The summed E-state index contributed by atoms with van der Waals surface area (Å²) in [6, 6.07) is 0.416. The molecular weight excluding hydrogens is 210 g/mol. The van der Waals surface area contributed by atoms with E-state index in [1.165, 1.54) is 11.4 Å². The van der Waals surface area contributed by atoms with Crippen LogP contribution >= 0.6 is 0 Å². The fourth-order valence-corrected chi connectivity index (χ4v) is 1.74. The van der Waals surface area contributed by atoms with E-state index < -0.39 is 0 Å². The lowest BCUT2D eigenvalue weighted by Crippen LogP contribution is -2.44. The smallest absolute Gasteiger partial charge is 0.274 e. The quantitative estimate of drug-likeness (QED) is 0.323. The van der Waals surface area contributed by atoms with E-state index in [1.54, 1.807) is 7.11 Å². The van der Waals surface area contributed by atoms with Gasteiger partial charge in [0.2, 0.25) is 0 Å². The van der Waals surface area contributed by atoms with Crippen LogP contribution in [0.1, 0.15) is 32.6 Å². The largest absolute Gasteiger partial charge is 0.396 e. The van der Waals surface area contributed by atoms with Crippen molar-refractivity contribution in [3.8, 4) is 0 Å². The first-order valence-electron chi connectivity index (χ1n) is 5.84. The number of piperidine rings is 1. The second-order valence-electron chi connectivity index (χ2n) is 3.94. The topological polar surface area (TPSA) is 57.3 Å². The Kier molecular flexibility index (Phi) is 5.92. The van der Waals surface area contributed by atoms with Crippen LogP contribution in [-0.2, 0) is 9.68 Å². The molecule has 1 heterocycles. The number of rotatable bonds is 6. The van der Waals surface area contributed by atoms with Crippen LogP contribution in [0.25, 0.3) is 0 Å². The minimum Gasteiger partial charge on any atom is -0.396 e. The van der Waals surface area contributed by atoms with E-state index in [0.29, 0.717) is 19.1 Å². The predicted octanol–water partition coefficient (Wildman–Crippen LogP) is 1.12. The minimum atomic E-state index is 0.114. The van der Waals surface area contributed by atoms with Gasteiger partial charge in [-0.2, -0.15) is 0 Å². The molecule has 6 heteroatoms. The number of hydrogen-bond acceptors (Lipinski definition) is 4. The minimum absolute atomic E-state index is 0.114. The summed E-state index contributed by atoms with van der Waals surface area (Å²) in [6.45, 7) is 3.59. The number of aliphatic hydroxyl groups is 1. The van der Waals surface area contributed by atoms with Gasteiger partial charge in [-0.3, -0.25) is 0 Å².